The molecule has 0 bridgehead atoms. The third-order valence-electron chi connectivity index (χ3n) is 4.34. The van der Waals surface area contributed by atoms with E-state index < -0.39 is 5.66 Å². The van der Waals surface area contributed by atoms with E-state index >= 15 is 0 Å². The van der Waals surface area contributed by atoms with Crippen LogP contribution in [-0.4, -0.2) is 38.6 Å². The van der Waals surface area contributed by atoms with Gasteiger partial charge in [-0.2, -0.15) is 0 Å². The number of hydrogen-bond donors (Lipinski definition) is 2. The Morgan fingerprint density at radius 2 is 1.12 bits per heavy atom. The van der Waals surface area contributed by atoms with Crippen LogP contribution in [0.3, 0.4) is 0 Å². The van der Waals surface area contributed by atoms with Gasteiger partial charge < -0.3 is 30.4 Å². The van der Waals surface area contributed by atoms with Gasteiger partial charge in [0.15, 0.2) is 0 Å². The number of rotatable bonds is 8. The van der Waals surface area contributed by atoms with Gasteiger partial charge in [0.2, 0.25) is 0 Å². The fourth-order valence-corrected chi connectivity index (χ4v) is 2.53. The highest BCUT2D eigenvalue weighted by molar-refractivity contribution is 5.41. The van der Waals surface area contributed by atoms with Crippen LogP contribution in [0.5, 0.6) is 11.5 Å². The van der Waals surface area contributed by atoms with Crippen molar-refractivity contribution in [2.75, 3.05) is 26.4 Å². The van der Waals surface area contributed by atoms with Crippen molar-refractivity contribution in [1.82, 2.24) is 0 Å². The third kappa shape index (κ3) is 4.11. The van der Waals surface area contributed by atoms with E-state index in [4.69, 9.17) is 30.4 Å². The fourth-order valence-electron chi connectivity index (χ4n) is 2.53. The van der Waals surface area contributed by atoms with Crippen LogP contribution in [0.4, 0.5) is 0 Å². The van der Waals surface area contributed by atoms with Crippen LogP contribution in [-0.2, 0) is 15.1 Å². The minimum absolute atomic E-state index is 0.231. The maximum Gasteiger partial charge on any atom is 0.119 e. The third-order valence-corrected chi connectivity index (χ3v) is 4.34. The van der Waals surface area contributed by atoms with Crippen LogP contribution >= 0.6 is 0 Å². The molecule has 2 heterocycles. The summed E-state index contributed by atoms with van der Waals surface area (Å²) in [5, 5.41) is 0. The topological polar surface area (TPSA) is 95.6 Å². The molecular formula is C19H22N2O4. The zero-order valence-corrected chi connectivity index (χ0v) is 13.9. The first-order chi connectivity index (χ1) is 12.1. The summed E-state index contributed by atoms with van der Waals surface area (Å²) in [6, 6.07) is 15.0. The van der Waals surface area contributed by atoms with E-state index in [1.807, 2.05) is 48.5 Å². The second kappa shape index (κ2) is 6.65. The standard InChI is InChI=1S/C19H22N2O4/c20-19(21,13-1-5-15(6-2-13)22-9-17-11-24-17)14-3-7-16(8-4-14)23-10-18-12-25-18/h1-8,17-18H,9-12,20-21H2. The van der Waals surface area contributed by atoms with Crippen molar-refractivity contribution in [2.24, 2.45) is 11.5 Å². The quantitative estimate of drug-likeness (QED) is 0.555. The van der Waals surface area contributed by atoms with Gasteiger partial charge in [0.25, 0.3) is 0 Å². The first-order valence-electron chi connectivity index (χ1n) is 8.39. The lowest BCUT2D eigenvalue weighted by Crippen LogP contribution is -2.47. The first kappa shape index (κ1) is 16.4. The Kier molecular flexibility index (Phi) is 4.35. The van der Waals surface area contributed by atoms with Crippen molar-refractivity contribution in [2.45, 2.75) is 17.9 Å². The molecule has 6 nitrogen and oxygen atoms in total. The predicted octanol–water partition coefficient (Wildman–Crippen LogP) is 1.36. The highest BCUT2D eigenvalue weighted by atomic mass is 16.6. The van der Waals surface area contributed by atoms with Gasteiger partial charge >= 0.3 is 0 Å². The molecule has 0 saturated carbocycles. The molecule has 4 N–H and O–H groups in total. The maximum absolute atomic E-state index is 6.38. The molecule has 2 aliphatic heterocycles. The normalized spacial score (nSPS) is 21.7. The van der Waals surface area contributed by atoms with Crippen LogP contribution < -0.4 is 20.9 Å². The molecule has 2 saturated heterocycles. The lowest BCUT2D eigenvalue weighted by Gasteiger charge is -2.26. The summed E-state index contributed by atoms with van der Waals surface area (Å²) >= 11 is 0. The summed E-state index contributed by atoms with van der Waals surface area (Å²) in [6.45, 7) is 2.70. The van der Waals surface area contributed by atoms with Crippen LogP contribution in [0.2, 0.25) is 0 Å². The van der Waals surface area contributed by atoms with Gasteiger partial charge in [-0.3, -0.25) is 0 Å². The first-order valence-corrected chi connectivity index (χ1v) is 8.39. The van der Waals surface area contributed by atoms with E-state index in [1.165, 1.54) is 0 Å². The summed E-state index contributed by atoms with van der Waals surface area (Å²) < 4.78 is 21.5. The highest BCUT2D eigenvalue weighted by Crippen LogP contribution is 2.26. The SMILES string of the molecule is NC(N)(c1ccc(OCC2CO2)cc1)c1ccc(OCC2CO2)cc1. The van der Waals surface area contributed by atoms with Crippen molar-refractivity contribution < 1.29 is 18.9 Å². The molecule has 2 aromatic rings. The molecule has 2 aliphatic rings. The molecule has 2 atom stereocenters. The minimum atomic E-state index is -1.09. The smallest absolute Gasteiger partial charge is 0.119 e. The van der Waals surface area contributed by atoms with Crippen LogP contribution in [0, 0.1) is 0 Å². The van der Waals surface area contributed by atoms with Crippen LogP contribution in [0.1, 0.15) is 11.1 Å². The zero-order valence-electron chi connectivity index (χ0n) is 13.9. The Morgan fingerprint density at radius 1 is 0.760 bits per heavy atom. The van der Waals surface area contributed by atoms with Gasteiger partial charge in [0.05, 0.1) is 13.2 Å². The fraction of sp³-hybridized carbons (Fsp3) is 0.368. The van der Waals surface area contributed by atoms with Crippen molar-refractivity contribution >= 4 is 0 Å². The summed E-state index contributed by atoms with van der Waals surface area (Å²) in [5.74, 6) is 1.56. The highest BCUT2D eigenvalue weighted by Gasteiger charge is 2.26. The molecule has 2 aromatic carbocycles. The molecule has 6 heteroatoms. The van der Waals surface area contributed by atoms with E-state index in [1.54, 1.807) is 0 Å². The largest absolute Gasteiger partial charge is 0.491 e. The molecule has 0 aliphatic carbocycles. The Balaban J connectivity index is 1.41. The summed E-state index contributed by atoms with van der Waals surface area (Å²) in [4.78, 5) is 0. The number of hydrogen-bond acceptors (Lipinski definition) is 6. The van der Waals surface area contributed by atoms with Crippen LogP contribution in [0.15, 0.2) is 48.5 Å². The minimum Gasteiger partial charge on any atom is -0.491 e. The van der Waals surface area contributed by atoms with Crippen molar-refractivity contribution in [3.8, 4) is 11.5 Å². The molecule has 2 fully saturated rings. The second-order valence-electron chi connectivity index (χ2n) is 6.45. The van der Waals surface area contributed by atoms with E-state index in [-0.39, 0.29) is 12.2 Å². The van der Waals surface area contributed by atoms with E-state index in [0.29, 0.717) is 13.2 Å². The number of ether oxygens (including phenoxy) is 4. The van der Waals surface area contributed by atoms with Crippen molar-refractivity contribution in [1.29, 1.82) is 0 Å². The van der Waals surface area contributed by atoms with Crippen molar-refractivity contribution in [3.63, 3.8) is 0 Å². The van der Waals surface area contributed by atoms with Gasteiger partial charge in [-0.1, -0.05) is 24.3 Å². The lowest BCUT2D eigenvalue weighted by molar-refractivity contribution is 0.263. The predicted molar refractivity (Wildman–Crippen MR) is 92.5 cm³/mol. The maximum atomic E-state index is 6.38. The Labute approximate surface area is 146 Å². The molecule has 4 rings (SSSR count). The average molecular weight is 342 g/mol. The molecule has 0 aromatic heterocycles. The van der Waals surface area contributed by atoms with E-state index in [0.717, 1.165) is 35.8 Å². The molecule has 132 valence electrons. The molecule has 0 amide bonds. The molecule has 0 radical (unpaired) electrons. The Bertz CT molecular complexity index is 646. The van der Waals surface area contributed by atoms with Gasteiger partial charge in [-0.05, 0) is 35.4 Å². The molecule has 0 spiro atoms. The number of benzene rings is 2. The molecule has 2 unspecified atom stereocenters. The van der Waals surface area contributed by atoms with Crippen molar-refractivity contribution in [3.05, 3.63) is 59.7 Å². The number of nitrogens with two attached hydrogens (primary N) is 2. The van der Waals surface area contributed by atoms with Gasteiger partial charge in [-0.15, -0.1) is 0 Å². The van der Waals surface area contributed by atoms with Gasteiger partial charge in [0.1, 0.15) is 42.6 Å². The monoisotopic (exact) mass is 342 g/mol. The number of epoxide rings is 2. The molecular weight excluding hydrogens is 320 g/mol. The lowest BCUT2D eigenvalue weighted by atomic mass is 9.93. The van der Waals surface area contributed by atoms with E-state index in [9.17, 15) is 0 Å². The second-order valence-corrected chi connectivity index (χ2v) is 6.45. The average Bonchev–Trinajstić information content (AvgIpc) is 3.54. The summed E-state index contributed by atoms with van der Waals surface area (Å²) in [7, 11) is 0. The Hall–Kier alpha value is -2.12. The molecule has 25 heavy (non-hydrogen) atoms. The zero-order chi connectivity index (χ0) is 17.3. The van der Waals surface area contributed by atoms with Crippen LogP contribution in [0.25, 0.3) is 0 Å². The van der Waals surface area contributed by atoms with Gasteiger partial charge in [-0.25, -0.2) is 0 Å². The Morgan fingerprint density at radius 3 is 1.44 bits per heavy atom. The summed E-state index contributed by atoms with van der Waals surface area (Å²) in [5.41, 5.74) is 13.3. The summed E-state index contributed by atoms with van der Waals surface area (Å²) in [6.07, 6.45) is 0.463. The van der Waals surface area contributed by atoms with Gasteiger partial charge in [0, 0.05) is 0 Å². The van der Waals surface area contributed by atoms with E-state index in [2.05, 4.69) is 0 Å².